The summed E-state index contributed by atoms with van der Waals surface area (Å²) in [5, 5.41) is 3.07. The molecule has 1 aliphatic heterocycles. The Morgan fingerprint density at radius 1 is 1.77 bits per heavy atom. The van der Waals surface area contributed by atoms with Gasteiger partial charge in [-0.3, -0.25) is 14.5 Å². The quantitative estimate of drug-likeness (QED) is 0.472. The SMILES string of the molecule is COC(=O)CC1NC(=S)N(C)C1=O. The van der Waals surface area contributed by atoms with Crippen LogP contribution in [0.2, 0.25) is 0 Å². The molecule has 0 bridgehead atoms. The molecule has 72 valence electrons. The average molecular weight is 202 g/mol. The topological polar surface area (TPSA) is 58.6 Å². The summed E-state index contributed by atoms with van der Waals surface area (Å²) >= 11 is 4.83. The zero-order valence-electron chi connectivity index (χ0n) is 7.36. The number of rotatable bonds is 2. The lowest BCUT2D eigenvalue weighted by Gasteiger charge is -2.05. The summed E-state index contributed by atoms with van der Waals surface area (Å²) in [4.78, 5) is 23.5. The Hall–Kier alpha value is -1.17. The number of hydrogen-bond donors (Lipinski definition) is 1. The van der Waals surface area contributed by atoms with Gasteiger partial charge in [0, 0.05) is 7.05 Å². The van der Waals surface area contributed by atoms with E-state index in [4.69, 9.17) is 12.2 Å². The number of nitrogens with one attached hydrogen (secondary N) is 1. The number of carbonyl (C=O) groups is 2. The summed E-state index contributed by atoms with van der Waals surface area (Å²) in [6.45, 7) is 0. The smallest absolute Gasteiger partial charge is 0.308 e. The van der Waals surface area contributed by atoms with Crippen molar-refractivity contribution in [2.75, 3.05) is 14.2 Å². The van der Waals surface area contributed by atoms with Crippen molar-refractivity contribution >= 4 is 29.2 Å². The molecule has 0 aromatic carbocycles. The van der Waals surface area contributed by atoms with Crippen molar-refractivity contribution < 1.29 is 14.3 Å². The highest BCUT2D eigenvalue weighted by Crippen LogP contribution is 2.07. The molecule has 6 heteroatoms. The van der Waals surface area contributed by atoms with Gasteiger partial charge in [0.1, 0.15) is 6.04 Å². The third kappa shape index (κ3) is 1.95. The minimum atomic E-state index is -0.565. The Morgan fingerprint density at radius 2 is 2.38 bits per heavy atom. The first-order valence-electron chi connectivity index (χ1n) is 3.71. The van der Waals surface area contributed by atoms with Crippen molar-refractivity contribution in [2.45, 2.75) is 12.5 Å². The maximum Gasteiger partial charge on any atom is 0.308 e. The third-order valence-corrected chi connectivity index (χ3v) is 2.22. The van der Waals surface area contributed by atoms with Crippen LogP contribution in [0, 0.1) is 0 Å². The second-order valence-corrected chi connectivity index (χ2v) is 3.07. The van der Waals surface area contributed by atoms with Gasteiger partial charge in [-0.2, -0.15) is 0 Å². The Balaban J connectivity index is 2.59. The molecule has 1 heterocycles. The van der Waals surface area contributed by atoms with Crippen LogP contribution in [0.4, 0.5) is 0 Å². The first-order valence-corrected chi connectivity index (χ1v) is 4.12. The van der Waals surface area contributed by atoms with E-state index in [1.54, 1.807) is 7.05 Å². The fourth-order valence-electron chi connectivity index (χ4n) is 1.03. The van der Waals surface area contributed by atoms with E-state index in [0.29, 0.717) is 5.11 Å². The number of ether oxygens (including phenoxy) is 1. The maximum absolute atomic E-state index is 11.3. The number of nitrogens with zero attached hydrogens (tertiary/aromatic N) is 1. The Bertz CT molecular complexity index is 266. The standard InChI is InChI=1S/C7H10N2O3S/c1-9-6(11)4(8-7(9)13)3-5(10)12-2/h4H,3H2,1-2H3,(H,8,13). The van der Waals surface area contributed by atoms with Crippen molar-refractivity contribution in [1.29, 1.82) is 0 Å². The van der Waals surface area contributed by atoms with E-state index in [1.165, 1.54) is 12.0 Å². The van der Waals surface area contributed by atoms with Gasteiger partial charge in [0.15, 0.2) is 5.11 Å². The van der Waals surface area contributed by atoms with Crippen LogP contribution in [-0.2, 0) is 14.3 Å². The summed E-state index contributed by atoms with van der Waals surface area (Å²) in [5.41, 5.74) is 0. The van der Waals surface area contributed by atoms with Gasteiger partial charge in [-0.1, -0.05) is 0 Å². The van der Waals surface area contributed by atoms with Crippen LogP contribution < -0.4 is 5.32 Å². The first kappa shape index (κ1) is 9.91. The van der Waals surface area contributed by atoms with Crippen molar-refractivity contribution in [3.8, 4) is 0 Å². The molecule has 1 amide bonds. The molecule has 0 radical (unpaired) electrons. The van der Waals surface area contributed by atoms with Crippen LogP contribution in [-0.4, -0.2) is 42.1 Å². The van der Waals surface area contributed by atoms with Gasteiger partial charge in [0.2, 0.25) is 0 Å². The van der Waals surface area contributed by atoms with Crippen molar-refractivity contribution in [2.24, 2.45) is 0 Å². The Morgan fingerprint density at radius 3 is 2.77 bits per heavy atom. The monoisotopic (exact) mass is 202 g/mol. The molecule has 0 aromatic heterocycles. The van der Waals surface area contributed by atoms with Crippen LogP contribution >= 0.6 is 12.2 Å². The molecule has 0 spiro atoms. The lowest BCUT2D eigenvalue weighted by molar-refractivity contribution is -0.143. The van der Waals surface area contributed by atoms with Gasteiger partial charge in [-0.05, 0) is 12.2 Å². The van der Waals surface area contributed by atoms with Crippen LogP contribution in [0.15, 0.2) is 0 Å². The number of likely N-dealkylation sites (N-methyl/N-ethyl adjacent to an activating group) is 1. The van der Waals surface area contributed by atoms with Gasteiger partial charge in [-0.25, -0.2) is 0 Å². The van der Waals surface area contributed by atoms with E-state index < -0.39 is 12.0 Å². The molecule has 0 aliphatic carbocycles. The summed E-state index contributed by atoms with van der Waals surface area (Å²) in [6, 6.07) is -0.565. The minimum absolute atomic E-state index is 0.0137. The van der Waals surface area contributed by atoms with Gasteiger partial charge < -0.3 is 10.1 Å². The normalized spacial score (nSPS) is 21.7. The van der Waals surface area contributed by atoms with E-state index in [0.717, 1.165) is 0 Å². The fraction of sp³-hybridized carbons (Fsp3) is 0.571. The highest BCUT2D eigenvalue weighted by atomic mass is 32.1. The maximum atomic E-state index is 11.3. The van der Waals surface area contributed by atoms with Gasteiger partial charge in [0.05, 0.1) is 13.5 Å². The predicted molar refractivity (Wildman–Crippen MR) is 48.9 cm³/mol. The molecular weight excluding hydrogens is 192 g/mol. The summed E-state index contributed by atoms with van der Waals surface area (Å²) < 4.78 is 4.44. The van der Waals surface area contributed by atoms with Crippen LogP contribution in [0.5, 0.6) is 0 Å². The molecule has 0 saturated carbocycles. The van der Waals surface area contributed by atoms with E-state index >= 15 is 0 Å². The molecule has 13 heavy (non-hydrogen) atoms. The lowest BCUT2D eigenvalue weighted by Crippen LogP contribution is -2.31. The number of thiocarbonyl (C=S) groups is 1. The second-order valence-electron chi connectivity index (χ2n) is 2.68. The largest absolute Gasteiger partial charge is 0.469 e. The number of hydrogen-bond acceptors (Lipinski definition) is 4. The van der Waals surface area contributed by atoms with Crippen molar-refractivity contribution in [3.63, 3.8) is 0 Å². The molecule has 1 N–H and O–H groups in total. The van der Waals surface area contributed by atoms with Gasteiger partial charge in [0.25, 0.3) is 5.91 Å². The fourth-order valence-corrected chi connectivity index (χ4v) is 1.26. The molecule has 1 unspecified atom stereocenters. The van der Waals surface area contributed by atoms with E-state index in [9.17, 15) is 9.59 Å². The third-order valence-electron chi connectivity index (χ3n) is 1.83. The molecule has 1 fully saturated rings. The first-order chi connectivity index (χ1) is 6.06. The lowest BCUT2D eigenvalue weighted by atomic mass is 10.2. The van der Waals surface area contributed by atoms with E-state index in [-0.39, 0.29) is 12.3 Å². The number of carbonyl (C=O) groups excluding carboxylic acids is 2. The number of amides is 1. The molecule has 1 aliphatic rings. The van der Waals surface area contributed by atoms with Crippen LogP contribution in [0.3, 0.4) is 0 Å². The number of esters is 1. The zero-order valence-corrected chi connectivity index (χ0v) is 8.18. The van der Waals surface area contributed by atoms with Crippen molar-refractivity contribution in [1.82, 2.24) is 10.2 Å². The average Bonchev–Trinajstić information content (AvgIpc) is 2.34. The number of methoxy groups -OCH3 is 1. The second kappa shape index (κ2) is 3.69. The predicted octanol–water partition coefficient (Wildman–Crippen LogP) is -0.735. The molecule has 1 atom stereocenters. The molecule has 1 rings (SSSR count). The van der Waals surface area contributed by atoms with E-state index in [2.05, 4.69) is 10.1 Å². The van der Waals surface area contributed by atoms with Crippen LogP contribution in [0.25, 0.3) is 0 Å². The van der Waals surface area contributed by atoms with Gasteiger partial charge >= 0.3 is 5.97 Å². The van der Waals surface area contributed by atoms with Crippen LogP contribution in [0.1, 0.15) is 6.42 Å². The summed E-state index contributed by atoms with van der Waals surface area (Å²) in [5.74, 6) is -0.626. The van der Waals surface area contributed by atoms with Crippen molar-refractivity contribution in [3.05, 3.63) is 0 Å². The van der Waals surface area contributed by atoms with Gasteiger partial charge in [-0.15, -0.1) is 0 Å². The molecule has 5 nitrogen and oxygen atoms in total. The Kier molecular flexibility index (Phi) is 2.82. The Labute approximate surface area is 81.0 Å². The van der Waals surface area contributed by atoms with E-state index in [1.807, 2.05) is 0 Å². The molecule has 0 aromatic rings. The zero-order chi connectivity index (χ0) is 10.0. The minimum Gasteiger partial charge on any atom is -0.469 e. The highest BCUT2D eigenvalue weighted by Gasteiger charge is 2.34. The molecular formula is C7H10N2O3S. The highest BCUT2D eigenvalue weighted by molar-refractivity contribution is 7.80. The summed E-state index contributed by atoms with van der Waals surface area (Å²) in [6.07, 6.45) is 0.0137. The molecule has 1 saturated heterocycles. The summed E-state index contributed by atoms with van der Waals surface area (Å²) in [7, 11) is 2.85.